The molecule has 0 aliphatic rings. The molecule has 0 unspecified atom stereocenters. The average Bonchev–Trinajstić information content (AvgIpc) is 2.35. The zero-order chi connectivity index (χ0) is 14.4. The minimum atomic E-state index is -0.407. The van der Waals surface area contributed by atoms with E-state index < -0.39 is 5.91 Å². The molecule has 0 aromatic heterocycles. The topological polar surface area (TPSA) is 67.4 Å². The van der Waals surface area contributed by atoms with Crippen LogP contribution < -0.4 is 15.6 Å². The van der Waals surface area contributed by atoms with Crippen molar-refractivity contribution < 1.29 is 14.3 Å². The quantitative estimate of drug-likeness (QED) is 0.641. The fourth-order valence-electron chi connectivity index (χ4n) is 1.42. The Bertz CT molecular complexity index is 527. The van der Waals surface area contributed by atoms with E-state index in [4.69, 9.17) is 16.3 Å². The van der Waals surface area contributed by atoms with E-state index in [0.29, 0.717) is 22.0 Å². The van der Waals surface area contributed by atoms with Crippen molar-refractivity contribution in [3.63, 3.8) is 0 Å². The second-order valence-electron chi connectivity index (χ2n) is 3.86. The lowest BCUT2D eigenvalue weighted by Gasteiger charge is -2.11. The number of carbonyl (C=O) groups excluding carboxylic acids is 2. The molecule has 102 valence electrons. The third-order valence-electron chi connectivity index (χ3n) is 2.20. The number of halogens is 1. The molecule has 1 amide bonds. The fourth-order valence-corrected chi connectivity index (χ4v) is 1.59. The molecule has 1 aromatic rings. The second-order valence-corrected chi connectivity index (χ2v) is 4.30. The normalized spacial score (nSPS) is 10.8. The highest BCUT2D eigenvalue weighted by molar-refractivity contribution is 6.31. The number of nitrogens with one attached hydrogen (secondary N) is 2. The highest BCUT2D eigenvalue weighted by atomic mass is 35.5. The van der Waals surface area contributed by atoms with E-state index in [-0.39, 0.29) is 5.78 Å². The van der Waals surface area contributed by atoms with Crippen molar-refractivity contribution in [2.24, 2.45) is 0 Å². The lowest BCUT2D eigenvalue weighted by atomic mass is 10.2. The summed E-state index contributed by atoms with van der Waals surface area (Å²) in [6.07, 6.45) is 1.37. The number of amides is 1. The van der Waals surface area contributed by atoms with Gasteiger partial charge in [0.15, 0.2) is 5.78 Å². The molecule has 0 spiro atoms. The predicted molar refractivity (Wildman–Crippen MR) is 73.0 cm³/mol. The molecule has 1 aromatic carbocycles. The van der Waals surface area contributed by atoms with Gasteiger partial charge in [0.2, 0.25) is 0 Å². The van der Waals surface area contributed by atoms with E-state index in [1.54, 1.807) is 19.1 Å². The maximum absolute atomic E-state index is 11.9. The van der Waals surface area contributed by atoms with Crippen molar-refractivity contribution >= 4 is 23.3 Å². The SMILES string of the molecule is COc1ccc(Cl)cc1C(=O)NNC(C)=CC(C)=O. The van der Waals surface area contributed by atoms with Crippen LogP contribution in [0.2, 0.25) is 5.02 Å². The Morgan fingerprint density at radius 3 is 2.53 bits per heavy atom. The molecule has 0 atom stereocenters. The molecule has 0 radical (unpaired) electrons. The molecule has 0 saturated carbocycles. The van der Waals surface area contributed by atoms with Crippen LogP contribution in [0, 0.1) is 0 Å². The van der Waals surface area contributed by atoms with Gasteiger partial charge in [-0.05, 0) is 32.0 Å². The van der Waals surface area contributed by atoms with E-state index >= 15 is 0 Å². The van der Waals surface area contributed by atoms with Gasteiger partial charge in [-0.3, -0.25) is 15.0 Å². The smallest absolute Gasteiger partial charge is 0.273 e. The van der Waals surface area contributed by atoms with Crippen molar-refractivity contribution in [3.8, 4) is 5.75 Å². The van der Waals surface area contributed by atoms with Gasteiger partial charge in [0.05, 0.1) is 12.7 Å². The Labute approximate surface area is 116 Å². The monoisotopic (exact) mass is 282 g/mol. The summed E-state index contributed by atoms with van der Waals surface area (Å²) in [6, 6.07) is 4.74. The first-order valence-electron chi connectivity index (χ1n) is 5.52. The van der Waals surface area contributed by atoms with Gasteiger partial charge in [0.25, 0.3) is 5.91 Å². The van der Waals surface area contributed by atoms with Crippen molar-refractivity contribution in [1.82, 2.24) is 10.9 Å². The molecule has 0 aliphatic heterocycles. The first-order valence-corrected chi connectivity index (χ1v) is 5.90. The summed E-state index contributed by atoms with van der Waals surface area (Å²) in [6.45, 7) is 3.09. The van der Waals surface area contributed by atoms with Crippen LogP contribution >= 0.6 is 11.6 Å². The zero-order valence-electron chi connectivity index (χ0n) is 10.9. The summed E-state index contributed by atoms with van der Waals surface area (Å²) in [4.78, 5) is 22.8. The lowest BCUT2D eigenvalue weighted by molar-refractivity contribution is -0.112. The summed E-state index contributed by atoms with van der Waals surface area (Å²) in [5.74, 6) is -0.105. The summed E-state index contributed by atoms with van der Waals surface area (Å²) in [5, 5.41) is 0.432. The van der Waals surface area contributed by atoms with Crippen LogP contribution in [0.1, 0.15) is 24.2 Å². The number of methoxy groups -OCH3 is 1. The number of hydrogen-bond acceptors (Lipinski definition) is 4. The number of rotatable bonds is 5. The number of hydrazine groups is 1. The largest absolute Gasteiger partial charge is 0.496 e. The van der Waals surface area contributed by atoms with E-state index in [2.05, 4.69) is 10.9 Å². The van der Waals surface area contributed by atoms with Crippen molar-refractivity contribution in [3.05, 3.63) is 40.6 Å². The Kier molecular flexibility index (Phi) is 5.38. The van der Waals surface area contributed by atoms with Crippen LogP contribution in [0.15, 0.2) is 30.0 Å². The minimum absolute atomic E-state index is 0.111. The van der Waals surface area contributed by atoms with E-state index in [1.165, 1.54) is 26.2 Å². The fraction of sp³-hybridized carbons (Fsp3) is 0.231. The minimum Gasteiger partial charge on any atom is -0.496 e. The van der Waals surface area contributed by atoms with Gasteiger partial charge in [-0.1, -0.05) is 11.6 Å². The highest BCUT2D eigenvalue weighted by Gasteiger charge is 2.12. The van der Waals surface area contributed by atoms with E-state index in [1.807, 2.05) is 0 Å². The van der Waals surface area contributed by atoms with E-state index in [9.17, 15) is 9.59 Å². The van der Waals surface area contributed by atoms with Gasteiger partial charge in [-0.2, -0.15) is 0 Å². The van der Waals surface area contributed by atoms with Crippen molar-refractivity contribution in [2.45, 2.75) is 13.8 Å². The molecule has 0 aliphatic carbocycles. The molecule has 0 heterocycles. The summed E-state index contributed by atoms with van der Waals surface area (Å²) in [5.41, 5.74) is 5.92. The molecule has 2 N–H and O–H groups in total. The molecular formula is C13H15ClN2O3. The van der Waals surface area contributed by atoms with Gasteiger partial charge < -0.3 is 10.2 Å². The third-order valence-corrected chi connectivity index (χ3v) is 2.43. The first-order chi connectivity index (χ1) is 8.93. The molecule has 0 saturated heterocycles. The highest BCUT2D eigenvalue weighted by Crippen LogP contribution is 2.22. The number of allylic oxidation sites excluding steroid dienone is 2. The maximum atomic E-state index is 11.9. The van der Waals surface area contributed by atoms with Crippen molar-refractivity contribution in [2.75, 3.05) is 7.11 Å². The van der Waals surface area contributed by atoms with Crippen LogP contribution in [0.5, 0.6) is 5.75 Å². The summed E-state index contributed by atoms with van der Waals surface area (Å²) in [7, 11) is 1.47. The first kappa shape index (κ1) is 15.0. The van der Waals surface area contributed by atoms with E-state index in [0.717, 1.165) is 0 Å². The van der Waals surface area contributed by atoms with Gasteiger partial charge in [-0.15, -0.1) is 0 Å². The van der Waals surface area contributed by atoms with Crippen LogP contribution in [0.4, 0.5) is 0 Å². The number of benzene rings is 1. The third kappa shape index (κ3) is 4.63. The summed E-state index contributed by atoms with van der Waals surface area (Å²) < 4.78 is 5.08. The second kappa shape index (κ2) is 6.80. The van der Waals surface area contributed by atoms with Gasteiger partial charge >= 0.3 is 0 Å². The van der Waals surface area contributed by atoms with Crippen LogP contribution in [0.3, 0.4) is 0 Å². The number of hydrogen-bond donors (Lipinski definition) is 2. The van der Waals surface area contributed by atoms with Gasteiger partial charge in [0.1, 0.15) is 5.75 Å². The number of carbonyl (C=O) groups is 2. The maximum Gasteiger partial charge on any atom is 0.273 e. The van der Waals surface area contributed by atoms with Crippen LogP contribution in [-0.2, 0) is 4.79 Å². The Morgan fingerprint density at radius 2 is 1.95 bits per heavy atom. The molecule has 0 bridgehead atoms. The number of ether oxygens (including phenoxy) is 1. The lowest BCUT2D eigenvalue weighted by Crippen LogP contribution is -2.36. The number of ketones is 1. The Hall–Kier alpha value is -2.01. The van der Waals surface area contributed by atoms with Gasteiger partial charge in [0, 0.05) is 16.8 Å². The molecule has 19 heavy (non-hydrogen) atoms. The van der Waals surface area contributed by atoms with Crippen LogP contribution in [-0.4, -0.2) is 18.8 Å². The Morgan fingerprint density at radius 1 is 1.26 bits per heavy atom. The zero-order valence-corrected chi connectivity index (χ0v) is 11.7. The summed E-state index contributed by atoms with van der Waals surface area (Å²) >= 11 is 5.84. The molecule has 5 nitrogen and oxygen atoms in total. The van der Waals surface area contributed by atoms with Gasteiger partial charge in [-0.25, -0.2) is 0 Å². The van der Waals surface area contributed by atoms with Crippen LogP contribution in [0.25, 0.3) is 0 Å². The Balaban J connectivity index is 2.79. The standard InChI is InChI=1S/C13H15ClN2O3/c1-8(6-9(2)17)15-16-13(18)11-7-10(14)4-5-12(11)19-3/h4-7,15H,1-3H3,(H,16,18). The molecular weight excluding hydrogens is 268 g/mol. The predicted octanol–water partition coefficient (Wildman–Crippen LogP) is 2.08. The molecule has 1 rings (SSSR count). The molecule has 6 heteroatoms. The molecule has 0 fully saturated rings. The average molecular weight is 283 g/mol. The van der Waals surface area contributed by atoms with Crippen molar-refractivity contribution in [1.29, 1.82) is 0 Å².